The normalized spacial score (nSPS) is 15.8. The van der Waals surface area contributed by atoms with Crippen LogP contribution in [0.4, 0.5) is 10.5 Å². The van der Waals surface area contributed by atoms with Crippen LogP contribution >= 0.6 is 11.6 Å². The van der Waals surface area contributed by atoms with Crippen LogP contribution < -0.4 is 5.32 Å². The molecule has 0 atom stereocenters. The minimum atomic E-state index is -0.420. The van der Waals surface area contributed by atoms with Gasteiger partial charge in [-0.1, -0.05) is 17.7 Å². The summed E-state index contributed by atoms with van der Waals surface area (Å²) in [5, 5.41) is 10.7. The molecular weight excluding hydrogens is 300 g/mol. The summed E-state index contributed by atoms with van der Waals surface area (Å²) in [5.41, 5.74) is 4.28. The van der Waals surface area contributed by atoms with E-state index in [0.717, 1.165) is 28.1 Å². The topological polar surface area (TPSA) is 61.0 Å². The summed E-state index contributed by atoms with van der Waals surface area (Å²) < 4.78 is 0. The Bertz CT molecular complexity index is 751. The van der Waals surface area contributed by atoms with Crippen molar-refractivity contribution in [2.75, 3.05) is 5.32 Å². The molecule has 2 amide bonds. The Kier molecular flexibility index (Phi) is 3.40. The number of carbonyl (C=O) groups excluding carboxylic acids is 1. The zero-order valence-corrected chi connectivity index (χ0v) is 13.9. The average Bonchev–Trinajstić information content (AvgIpc) is 3.02. The summed E-state index contributed by atoms with van der Waals surface area (Å²) >= 11 is 6.16. The van der Waals surface area contributed by atoms with Gasteiger partial charge in [-0.15, -0.1) is 0 Å². The molecule has 0 aliphatic carbocycles. The van der Waals surface area contributed by atoms with E-state index >= 15 is 0 Å². The monoisotopic (exact) mass is 318 g/mol. The summed E-state index contributed by atoms with van der Waals surface area (Å²) in [4.78, 5) is 14.6. The maximum atomic E-state index is 12.8. The molecule has 0 bridgehead atoms. The number of rotatable bonds is 1. The lowest BCUT2D eigenvalue weighted by atomic mass is 10.0. The van der Waals surface area contributed by atoms with E-state index < -0.39 is 5.54 Å². The zero-order chi connectivity index (χ0) is 16.1. The number of aromatic amines is 1. The van der Waals surface area contributed by atoms with Crippen molar-refractivity contribution < 1.29 is 4.79 Å². The second-order valence-corrected chi connectivity index (χ2v) is 6.62. The van der Waals surface area contributed by atoms with Crippen molar-refractivity contribution in [1.82, 2.24) is 15.1 Å². The van der Waals surface area contributed by atoms with E-state index in [4.69, 9.17) is 11.6 Å². The first-order valence-corrected chi connectivity index (χ1v) is 7.57. The number of nitrogens with zero attached hydrogens (tertiary/aromatic N) is 2. The van der Waals surface area contributed by atoms with Gasteiger partial charge in [0.2, 0.25) is 0 Å². The summed E-state index contributed by atoms with van der Waals surface area (Å²) in [6.45, 7) is 8.43. The number of fused-ring (bicyclic) bond motifs is 1. The molecule has 3 rings (SSSR count). The minimum absolute atomic E-state index is 0.136. The molecule has 5 nitrogen and oxygen atoms in total. The maximum absolute atomic E-state index is 12.8. The van der Waals surface area contributed by atoms with E-state index in [2.05, 4.69) is 15.5 Å². The van der Waals surface area contributed by atoms with E-state index in [0.29, 0.717) is 11.6 Å². The average molecular weight is 319 g/mol. The number of hydrogen-bond donors (Lipinski definition) is 2. The van der Waals surface area contributed by atoms with Crippen molar-refractivity contribution in [2.24, 2.45) is 0 Å². The van der Waals surface area contributed by atoms with Crippen LogP contribution in [0.3, 0.4) is 0 Å². The van der Waals surface area contributed by atoms with Crippen molar-refractivity contribution in [2.45, 2.75) is 39.8 Å². The van der Waals surface area contributed by atoms with Gasteiger partial charge in [0.15, 0.2) is 0 Å². The molecule has 116 valence electrons. The number of halogens is 1. The highest BCUT2D eigenvalue weighted by Gasteiger charge is 2.42. The fraction of sp³-hybridized carbons (Fsp3) is 0.375. The number of anilines is 1. The van der Waals surface area contributed by atoms with Crippen LogP contribution in [0.1, 0.15) is 36.2 Å². The first-order chi connectivity index (χ1) is 10.3. The van der Waals surface area contributed by atoms with Gasteiger partial charge >= 0.3 is 6.03 Å². The predicted molar refractivity (Wildman–Crippen MR) is 87.1 cm³/mol. The van der Waals surface area contributed by atoms with Crippen LogP contribution in [-0.4, -0.2) is 21.1 Å². The molecule has 0 spiro atoms. The number of hydrogen-bond acceptors (Lipinski definition) is 2. The second-order valence-electron chi connectivity index (χ2n) is 6.21. The van der Waals surface area contributed by atoms with Crippen molar-refractivity contribution in [3.05, 3.63) is 45.7 Å². The van der Waals surface area contributed by atoms with E-state index in [1.807, 2.05) is 39.8 Å². The molecule has 0 fully saturated rings. The van der Waals surface area contributed by atoms with Crippen LogP contribution in [-0.2, 0) is 12.1 Å². The Morgan fingerprint density at radius 1 is 1.41 bits per heavy atom. The molecule has 2 N–H and O–H groups in total. The summed E-state index contributed by atoms with van der Waals surface area (Å²) in [6, 6.07) is 3.62. The Balaban J connectivity index is 1.88. The highest BCUT2D eigenvalue weighted by Crippen LogP contribution is 2.38. The van der Waals surface area contributed by atoms with Gasteiger partial charge in [-0.3, -0.25) is 5.10 Å². The van der Waals surface area contributed by atoms with Gasteiger partial charge in [0.1, 0.15) is 0 Å². The Hall–Kier alpha value is -2.01. The fourth-order valence-corrected chi connectivity index (χ4v) is 3.14. The maximum Gasteiger partial charge on any atom is 0.322 e. The number of carbonyl (C=O) groups is 1. The number of nitrogens with one attached hydrogen (secondary N) is 2. The van der Waals surface area contributed by atoms with Gasteiger partial charge < -0.3 is 10.2 Å². The number of benzene rings is 1. The van der Waals surface area contributed by atoms with Crippen molar-refractivity contribution >= 4 is 23.3 Å². The van der Waals surface area contributed by atoms with Crippen molar-refractivity contribution in [3.8, 4) is 0 Å². The SMILES string of the molecule is Cc1ccc(Cl)c(C)c1NC(=O)N1Cc2cn[nH]c2C1(C)C. The molecule has 1 aliphatic heterocycles. The summed E-state index contributed by atoms with van der Waals surface area (Å²) in [7, 11) is 0. The van der Waals surface area contributed by atoms with Gasteiger partial charge in [-0.05, 0) is 44.9 Å². The van der Waals surface area contributed by atoms with Crippen LogP contribution in [0.25, 0.3) is 0 Å². The van der Waals surface area contributed by atoms with Gasteiger partial charge in [0, 0.05) is 16.3 Å². The Labute approximate surface area is 134 Å². The highest BCUT2D eigenvalue weighted by atomic mass is 35.5. The van der Waals surface area contributed by atoms with Crippen molar-refractivity contribution in [1.29, 1.82) is 0 Å². The molecule has 0 saturated carbocycles. The van der Waals surface area contributed by atoms with Gasteiger partial charge in [0.25, 0.3) is 0 Å². The molecule has 0 radical (unpaired) electrons. The number of aromatic nitrogens is 2. The minimum Gasteiger partial charge on any atom is -0.309 e. The summed E-state index contributed by atoms with van der Waals surface area (Å²) in [6.07, 6.45) is 1.78. The third-order valence-corrected chi connectivity index (χ3v) is 4.83. The Morgan fingerprint density at radius 2 is 2.14 bits per heavy atom. The van der Waals surface area contributed by atoms with Crippen LogP contribution in [0, 0.1) is 13.8 Å². The predicted octanol–water partition coefficient (Wildman–Crippen LogP) is 3.96. The molecule has 22 heavy (non-hydrogen) atoms. The second kappa shape index (κ2) is 5.02. The lowest BCUT2D eigenvalue weighted by molar-refractivity contribution is 0.155. The quantitative estimate of drug-likeness (QED) is 0.836. The molecule has 1 aromatic carbocycles. The van der Waals surface area contributed by atoms with Gasteiger partial charge in [-0.25, -0.2) is 4.79 Å². The van der Waals surface area contributed by atoms with E-state index in [-0.39, 0.29) is 6.03 Å². The number of urea groups is 1. The van der Waals surface area contributed by atoms with E-state index in [1.54, 1.807) is 11.1 Å². The molecule has 1 aliphatic rings. The molecule has 6 heteroatoms. The number of H-pyrrole nitrogens is 1. The molecule has 2 aromatic rings. The van der Waals surface area contributed by atoms with Crippen LogP contribution in [0.5, 0.6) is 0 Å². The fourth-order valence-electron chi connectivity index (χ4n) is 2.98. The first kappa shape index (κ1) is 14.9. The van der Waals surface area contributed by atoms with Gasteiger partial charge in [-0.2, -0.15) is 5.10 Å². The smallest absolute Gasteiger partial charge is 0.309 e. The molecular formula is C16H19ClN4O. The number of amides is 2. The third-order valence-electron chi connectivity index (χ3n) is 4.42. The molecule has 0 saturated heterocycles. The van der Waals surface area contributed by atoms with Crippen LogP contribution in [0.2, 0.25) is 5.02 Å². The van der Waals surface area contributed by atoms with E-state index in [1.165, 1.54) is 0 Å². The lowest BCUT2D eigenvalue weighted by Crippen LogP contribution is -2.43. The largest absolute Gasteiger partial charge is 0.322 e. The molecule has 0 unspecified atom stereocenters. The summed E-state index contributed by atoms with van der Waals surface area (Å²) in [5.74, 6) is 0. The van der Waals surface area contributed by atoms with Gasteiger partial charge in [0.05, 0.1) is 24.0 Å². The zero-order valence-electron chi connectivity index (χ0n) is 13.1. The highest BCUT2D eigenvalue weighted by molar-refractivity contribution is 6.31. The van der Waals surface area contributed by atoms with Crippen molar-refractivity contribution in [3.63, 3.8) is 0 Å². The third kappa shape index (κ3) is 2.16. The first-order valence-electron chi connectivity index (χ1n) is 7.19. The standard InChI is InChI=1S/C16H19ClN4O/c1-9-5-6-12(17)10(2)13(9)19-15(22)21-8-11-7-18-20-14(11)16(21,3)4/h5-7H,8H2,1-4H3,(H,18,20)(H,19,22). The molecule has 1 aromatic heterocycles. The lowest BCUT2D eigenvalue weighted by Gasteiger charge is -2.32. The van der Waals surface area contributed by atoms with Crippen LogP contribution in [0.15, 0.2) is 18.3 Å². The number of aryl methyl sites for hydroxylation is 1. The van der Waals surface area contributed by atoms with E-state index in [9.17, 15) is 4.79 Å². The Morgan fingerprint density at radius 3 is 2.82 bits per heavy atom. The molecule has 2 heterocycles.